The zero-order valence-electron chi connectivity index (χ0n) is 15.7. The molecule has 2 amide bonds. The summed E-state index contributed by atoms with van der Waals surface area (Å²) in [7, 11) is 1.17. The average molecular weight is 447 g/mol. The number of ether oxygens (including phenoxy) is 2. The summed E-state index contributed by atoms with van der Waals surface area (Å²) in [6.45, 7) is 0. The first kappa shape index (κ1) is 20.6. The van der Waals surface area contributed by atoms with E-state index in [9.17, 15) is 27.6 Å². The number of carbonyl (C=O) groups is 3. The minimum absolute atomic E-state index is 0.0227. The zero-order valence-corrected chi connectivity index (χ0v) is 16.5. The smallest absolute Gasteiger partial charge is 0.416 e. The number of imide groups is 1. The van der Waals surface area contributed by atoms with Crippen molar-refractivity contribution in [2.24, 2.45) is 0 Å². The molecule has 0 spiro atoms. The fourth-order valence-electron chi connectivity index (χ4n) is 3.10. The van der Waals surface area contributed by atoms with E-state index in [4.69, 9.17) is 4.74 Å². The van der Waals surface area contributed by atoms with Gasteiger partial charge in [0.2, 0.25) is 0 Å². The van der Waals surface area contributed by atoms with E-state index in [2.05, 4.69) is 4.74 Å². The third-order valence-electron chi connectivity index (χ3n) is 4.54. The fourth-order valence-corrected chi connectivity index (χ4v) is 3.83. The van der Waals surface area contributed by atoms with Crippen molar-refractivity contribution in [3.05, 3.63) is 75.5 Å². The van der Waals surface area contributed by atoms with Crippen LogP contribution < -0.4 is 9.64 Å². The van der Waals surface area contributed by atoms with Crippen molar-refractivity contribution < 1.29 is 37.0 Å². The summed E-state index contributed by atoms with van der Waals surface area (Å²) in [4.78, 5) is 38.3. The Bertz CT molecular complexity index is 1180. The number of esters is 1. The van der Waals surface area contributed by atoms with E-state index >= 15 is 0 Å². The van der Waals surface area contributed by atoms with Crippen LogP contribution in [0.2, 0.25) is 0 Å². The first-order chi connectivity index (χ1) is 14.7. The highest BCUT2D eigenvalue weighted by atomic mass is 32.1. The molecule has 4 rings (SSSR count). The lowest BCUT2D eigenvalue weighted by atomic mass is 10.1. The Morgan fingerprint density at radius 3 is 2.19 bits per heavy atom. The van der Waals surface area contributed by atoms with Crippen LogP contribution in [0.25, 0.3) is 0 Å². The topological polar surface area (TPSA) is 72.9 Å². The van der Waals surface area contributed by atoms with Crippen molar-refractivity contribution in [1.29, 1.82) is 0 Å². The first-order valence-corrected chi connectivity index (χ1v) is 9.63. The number of methoxy groups -OCH3 is 1. The van der Waals surface area contributed by atoms with Crippen molar-refractivity contribution in [2.45, 2.75) is 6.18 Å². The summed E-state index contributed by atoms with van der Waals surface area (Å²) in [5.74, 6) is -2.42. The molecule has 2 aromatic carbocycles. The average Bonchev–Trinajstić information content (AvgIpc) is 3.30. The Labute approximate surface area is 177 Å². The van der Waals surface area contributed by atoms with E-state index < -0.39 is 29.5 Å². The number of hydrogen-bond acceptors (Lipinski definition) is 6. The minimum atomic E-state index is -4.72. The summed E-state index contributed by atoms with van der Waals surface area (Å²) in [5, 5.41) is 1.54. The van der Waals surface area contributed by atoms with Gasteiger partial charge in [0.25, 0.3) is 11.8 Å². The van der Waals surface area contributed by atoms with Crippen molar-refractivity contribution in [1.82, 2.24) is 0 Å². The Morgan fingerprint density at radius 2 is 1.61 bits per heavy atom. The molecule has 0 saturated heterocycles. The number of carbonyl (C=O) groups excluding carboxylic acids is 3. The summed E-state index contributed by atoms with van der Waals surface area (Å²) in [6, 6.07) is 9.79. The largest absolute Gasteiger partial charge is 0.465 e. The lowest BCUT2D eigenvalue weighted by Crippen LogP contribution is -2.30. The number of nitrogens with zero attached hydrogens (tertiary/aromatic N) is 1. The van der Waals surface area contributed by atoms with Crippen LogP contribution in [0, 0.1) is 0 Å². The van der Waals surface area contributed by atoms with E-state index in [0.717, 1.165) is 23.5 Å². The van der Waals surface area contributed by atoms with Gasteiger partial charge in [0.15, 0.2) is 16.4 Å². The van der Waals surface area contributed by atoms with Crippen LogP contribution >= 0.6 is 11.3 Å². The van der Waals surface area contributed by atoms with Crippen molar-refractivity contribution in [3.63, 3.8) is 0 Å². The summed E-state index contributed by atoms with van der Waals surface area (Å²) in [6.07, 6.45) is -4.72. The molecule has 0 aliphatic carbocycles. The molecule has 0 atom stereocenters. The van der Waals surface area contributed by atoms with Gasteiger partial charge in [-0.25, -0.2) is 9.69 Å². The van der Waals surface area contributed by atoms with Crippen LogP contribution in [0.3, 0.4) is 0 Å². The monoisotopic (exact) mass is 447 g/mol. The van der Waals surface area contributed by atoms with E-state index in [0.29, 0.717) is 11.0 Å². The highest BCUT2D eigenvalue weighted by Gasteiger charge is 2.40. The van der Waals surface area contributed by atoms with Crippen LogP contribution in [0.15, 0.2) is 53.9 Å². The summed E-state index contributed by atoms with van der Waals surface area (Å²) in [5.41, 5.74) is -1.31. The van der Waals surface area contributed by atoms with Gasteiger partial charge in [-0.15, -0.1) is 11.3 Å². The number of hydrogen-bond donors (Lipinski definition) is 0. The molecular formula is C21H12F3NO5S. The quantitative estimate of drug-likeness (QED) is 0.409. The van der Waals surface area contributed by atoms with Gasteiger partial charge in [0.1, 0.15) is 0 Å². The first-order valence-electron chi connectivity index (χ1n) is 8.75. The number of alkyl halides is 3. The Kier molecular flexibility index (Phi) is 5.02. The SMILES string of the molecule is COC(=O)c1sccc1Oc1ccc(C(F)(F)F)cc1N1C(=O)c2ccccc2C1=O. The van der Waals surface area contributed by atoms with Gasteiger partial charge in [-0.05, 0) is 41.8 Å². The maximum atomic E-state index is 13.3. The van der Waals surface area contributed by atoms with Crippen LogP contribution in [0.4, 0.5) is 18.9 Å². The second kappa shape index (κ2) is 7.55. The molecule has 0 radical (unpaired) electrons. The molecule has 6 nitrogen and oxygen atoms in total. The number of benzene rings is 2. The van der Waals surface area contributed by atoms with Crippen LogP contribution in [-0.4, -0.2) is 24.9 Å². The highest BCUT2D eigenvalue weighted by Crippen LogP contribution is 2.42. The Morgan fingerprint density at radius 1 is 0.968 bits per heavy atom. The third kappa shape index (κ3) is 3.55. The van der Waals surface area contributed by atoms with E-state index in [1.54, 1.807) is 12.1 Å². The third-order valence-corrected chi connectivity index (χ3v) is 5.42. The molecule has 1 aromatic heterocycles. The molecule has 2 heterocycles. The van der Waals surface area contributed by atoms with Crippen molar-refractivity contribution >= 4 is 34.8 Å². The molecule has 0 fully saturated rings. The maximum Gasteiger partial charge on any atom is 0.416 e. The molecule has 1 aliphatic heterocycles. The van der Waals surface area contributed by atoms with Gasteiger partial charge >= 0.3 is 12.1 Å². The van der Waals surface area contributed by atoms with Crippen LogP contribution in [-0.2, 0) is 10.9 Å². The van der Waals surface area contributed by atoms with E-state index in [-0.39, 0.29) is 33.2 Å². The molecule has 0 bridgehead atoms. The second-order valence-corrected chi connectivity index (χ2v) is 7.30. The van der Waals surface area contributed by atoms with Gasteiger partial charge in [0.05, 0.1) is 29.5 Å². The number of anilines is 1. The highest BCUT2D eigenvalue weighted by molar-refractivity contribution is 7.12. The summed E-state index contributed by atoms with van der Waals surface area (Å²) >= 11 is 1.01. The molecule has 0 saturated carbocycles. The van der Waals surface area contributed by atoms with Gasteiger partial charge < -0.3 is 9.47 Å². The molecular weight excluding hydrogens is 435 g/mol. The number of halogens is 3. The Hall–Kier alpha value is -3.66. The van der Waals surface area contributed by atoms with Crippen LogP contribution in [0.1, 0.15) is 36.0 Å². The number of amides is 2. The standard InChI is InChI=1S/C21H12F3NO5S/c1-29-20(28)17-16(8-9-31-17)30-15-7-6-11(21(22,23)24)10-14(15)25-18(26)12-4-2-3-5-13(12)19(25)27/h2-10H,1H3. The number of rotatable bonds is 4. The predicted molar refractivity (Wildman–Crippen MR) is 105 cm³/mol. The molecule has 0 unspecified atom stereocenters. The van der Waals surface area contributed by atoms with E-state index in [1.165, 1.54) is 30.7 Å². The number of thiophene rings is 1. The lowest BCUT2D eigenvalue weighted by molar-refractivity contribution is -0.137. The molecule has 0 N–H and O–H groups in total. The Balaban J connectivity index is 1.83. The van der Waals surface area contributed by atoms with Gasteiger partial charge in [0, 0.05) is 0 Å². The number of fused-ring (bicyclic) bond motifs is 1. The van der Waals surface area contributed by atoms with Gasteiger partial charge in [-0.3, -0.25) is 9.59 Å². The fraction of sp³-hybridized carbons (Fsp3) is 0.0952. The molecule has 158 valence electrons. The minimum Gasteiger partial charge on any atom is -0.465 e. The second-order valence-electron chi connectivity index (χ2n) is 6.38. The molecule has 31 heavy (non-hydrogen) atoms. The normalized spacial score (nSPS) is 13.4. The maximum absolute atomic E-state index is 13.3. The molecule has 10 heteroatoms. The molecule has 3 aromatic rings. The van der Waals surface area contributed by atoms with E-state index in [1.807, 2.05) is 0 Å². The van der Waals surface area contributed by atoms with Crippen LogP contribution in [0.5, 0.6) is 11.5 Å². The predicted octanol–water partition coefficient (Wildman–Crippen LogP) is 5.15. The van der Waals surface area contributed by atoms with Crippen molar-refractivity contribution in [3.8, 4) is 11.5 Å². The zero-order chi connectivity index (χ0) is 22.3. The summed E-state index contributed by atoms with van der Waals surface area (Å²) < 4.78 is 50.4. The molecule has 1 aliphatic rings. The lowest BCUT2D eigenvalue weighted by Gasteiger charge is -2.20. The van der Waals surface area contributed by atoms with Gasteiger partial charge in [-0.1, -0.05) is 12.1 Å². The van der Waals surface area contributed by atoms with Gasteiger partial charge in [-0.2, -0.15) is 13.2 Å². The van der Waals surface area contributed by atoms with Crippen molar-refractivity contribution in [2.75, 3.05) is 12.0 Å².